The standard InChI is InChI=1S/C14H12N2O4/c15-9-4-5-12(11(7-9)14(18)19)20-10-3-1-2-8(6-10)13(16)17/h1-7H,15H2,(H2,16,17)(H,18,19). The molecule has 0 aliphatic carbocycles. The molecule has 5 N–H and O–H groups in total. The minimum Gasteiger partial charge on any atom is -0.478 e. The summed E-state index contributed by atoms with van der Waals surface area (Å²) in [6.45, 7) is 0. The molecule has 0 unspecified atom stereocenters. The number of hydrogen-bond donors (Lipinski definition) is 3. The molecule has 0 spiro atoms. The number of carbonyl (C=O) groups is 2. The van der Waals surface area contributed by atoms with Gasteiger partial charge in [-0.05, 0) is 36.4 Å². The number of nitrogen functional groups attached to an aromatic ring is 1. The van der Waals surface area contributed by atoms with E-state index in [1.54, 1.807) is 12.1 Å². The molecule has 0 aromatic heterocycles. The van der Waals surface area contributed by atoms with Gasteiger partial charge in [-0.1, -0.05) is 6.07 Å². The molecule has 0 aliphatic rings. The number of anilines is 1. The van der Waals surface area contributed by atoms with Gasteiger partial charge in [0, 0.05) is 11.3 Å². The fourth-order valence-electron chi connectivity index (χ4n) is 1.64. The zero-order valence-corrected chi connectivity index (χ0v) is 10.4. The minimum atomic E-state index is -1.15. The number of rotatable bonds is 4. The van der Waals surface area contributed by atoms with E-state index >= 15 is 0 Å². The van der Waals surface area contributed by atoms with Gasteiger partial charge in [-0.2, -0.15) is 0 Å². The van der Waals surface area contributed by atoms with E-state index in [9.17, 15) is 9.59 Å². The second-order valence-electron chi connectivity index (χ2n) is 4.05. The Morgan fingerprint density at radius 2 is 1.85 bits per heavy atom. The molecule has 102 valence electrons. The molecular weight excluding hydrogens is 260 g/mol. The van der Waals surface area contributed by atoms with Gasteiger partial charge in [-0.25, -0.2) is 4.79 Å². The van der Waals surface area contributed by atoms with Crippen molar-refractivity contribution in [1.82, 2.24) is 0 Å². The third-order valence-corrected chi connectivity index (χ3v) is 2.58. The highest BCUT2D eigenvalue weighted by molar-refractivity contribution is 5.93. The fraction of sp³-hybridized carbons (Fsp3) is 0. The van der Waals surface area contributed by atoms with Crippen molar-refractivity contribution in [2.24, 2.45) is 5.73 Å². The Bertz CT molecular complexity index is 683. The lowest BCUT2D eigenvalue weighted by atomic mass is 10.1. The Morgan fingerprint density at radius 1 is 1.10 bits per heavy atom. The molecule has 2 aromatic carbocycles. The van der Waals surface area contributed by atoms with Crippen molar-refractivity contribution >= 4 is 17.6 Å². The second-order valence-corrected chi connectivity index (χ2v) is 4.05. The summed E-state index contributed by atoms with van der Waals surface area (Å²) in [5.41, 5.74) is 11.2. The van der Waals surface area contributed by atoms with Crippen LogP contribution >= 0.6 is 0 Å². The molecule has 0 aliphatic heterocycles. The SMILES string of the molecule is NC(=O)c1cccc(Oc2ccc(N)cc2C(=O)O)c1. The van der Waals surface area contributed by atoms with Crippen LogP contribution in [-0.2, 0) is 0 Å². The van der Waals surface area contributed by atoms with Gasteiger partial charge < -0.3 is 21.3 Å². The van der Waals surface area contributed by atoms with Crippen LogP contribution in [0.3, 0.4) is 0 Å². The van der Waals surface area contributed by atoms with E-state index in [1.165, 1.54) is 30.3 Å². The Morgan fingerprint density at radius 3 is 2.50 bits per heavy atom. The van der Waals surface area contributed by atoms with Gasteiger partial charge in [0.25, 0.3) is 0 Å². The lowest BCUT2D eigenvalue weighted by molar-refractivity contribution is 0.0694. The van der Waals surface area contributed by atoms with Crippen LogP contribution in [0.4, 0.5) is 5.69 Å². The number of ether oxygens (including phenoxy) is 1. The summed E-state index contributed by atoms with van der Waals surface area (Å²) in [6, 6.07) is 10.4. The predicted molar refractivity (Wildman–Crippen MR) is 72.8 cm³/mol. The number of benzene rings is 2. The van der Waals surface area contributed by atoms with Crippen molar-refractivity contribution in [2.75, 3.05) is 5.73 Å². The minimum absolute atomic E-state index is 0.0607. The quantitative estimate of drug-likeness (QED) is 0.734. The van der Waals surface area contributed by atoms with E-state index in [0.29, 0.717) is 11.4 Å². The number of nitrogens with two attached hydrogens (primary N) is 2. The van der Waals surface area contributed by atoms with Crippen LogP contribution in [0.25, 0.3) is 0 Å². The van der Waals surface area contributed by atoms with Gasteiger partial charge in [0.2, 0.25) is 5.91 Å². The van der Waals surface area contributed by atoms with E-state index in [-0.39, 0.29) is 16.9 Å². The maximum Gasteiger partial charge on any atom is 0.339 e. The Kier molecular flexibility index (Phi) is 3.56. The molecule has 1 amide bonds. The smallest absolute Gasteiger partial charge is 0.339 e. The zero-order valence-electron chi connectivity index (χ0n) is 10.4. The van der Waals surface area contributed by atoms with Crippen LogP contribution in [0.15, 0.2) is 42.5 Å². The highest BCUT2D eigenvalue weighted by atomic mass is 16.5. The summed E-state index contributed by atoms with van der Waals surface area (Å²) in [4.78, 5) is 22.2. The molecule has 6 nitrogen and oxygen atoms in total. The van der Waals surface area contributed by atoms with Crippen LogP contribution < -0.4 is 16.2 Å². The van der Waals surface area contributed by atoms with Crippen molar-refractivity contribution in [3.8, 4) is 11.5 Å². The van der Waals surface area contributed by atoms with E-state index in [4.69, 9.17) is 21.3 Å². The summed E-state index contributed by atoms with van der Waals surface area (Å²) >= 11 is 0. The van der Waals surface area contributed by atoms with Gasteiger partial charge in [0.15, 0.2) is 0 Å². The van der Waals surface area contributed by atoms with Gasteiger partial charge >= 0.3 is 5.97 Å². The number of carbonyl (C=O) groups excluding carboxylic acids is 1. The van der Waals surface area contributed by atoms with Gasteiger partial charge in [0.1, 0.15) is 17.1 Å². The molecule has 2 aromatic rings. The maximum atomic E-state index is 11.1. The topological polar surface area (TPSA) is 116 Å². The average Bonchev–Trinajstić information content (AvgIpc) is 2.41. The van der Waals surface area contributed by atoms with Crippen molar-refractivity contribution in [3.63, 3.8) is 0 Å². The zero-order chi connectivity index (χ0) is 14.7. The molecular formula is C14H12N2O4. The summed E-state index contributed by atoms with van der Waals surface area (Å²) in [7, 11) is 0. The Hall–Kier alpha value is -3.02. The predicted octanol–water partition coefficient (Wildman–Crippen LogP) is 1.86. The number of carboxylic acids is 1. The number of aromatic carboxylic acids is 1. The third kappa shape index (κ3) is 2.86. The van der Waals surface area contributed by atoms with Gasteiger partial charge in [-0.15, -0.1) is 0 Å². The molecule has 0 saturated heterocycles. The molecule has 20 heavy (non-hydrogen) atoms. The molecule has 0 fully saturated rings. The highest BCUT2D eigenvalue weighted by Gasteiger charge is 2.13. The van der Waals surface area contributed by atoms with Crippen LogP contribution in [0.1, 0.15) is 20.7 Å². The molecule has 0 radical (unpaired) electrons. The first-order valence-corrected chi connectivity index (χ1v) is 5.68. The summed E-state index contributed by atoms with van der Waals surface area (Å²) < 4.78 is 5.47. The lowest BCUT2D eigenvalue weighted by Crippen LogP contribution is -2.10. The largest absolute Gasteiger partial charge is 0.478 e. The number of hydrogen-bond acceptors (Lipinski definition) is 4. The van der Waals surface area contributed by atoms with Crippen molar-refractivity contribution in [2.45, 2.75) is 0 Å². The van der Waals surface area contributed by atoms with E-state index in [0.717, 1.165) is 0 Å². The lowest BCUT2D eigenvalue weighted by Gasteiger charge is -2.10. The molecule has 0 saturated carbocycles. The molecule has 0 bridgehead atoms. The van der Waals surface area contributed by atoms with E-state index < -0.39 is 11.9 Å². The van der Waals surface area contributed by atoms with Crippen LogP contribution in [0.2, 0.25) is 0 Å². The van der Waals surface area contributed by atoms with E-state index in [1.807, 2.05) is 0 Å². The van der Waals surface area contributed by atoms with Crippen LogP contribution in [-0.4, -0.2) is 17.0 Å². The number of primary amides is 1. The maximum absolute atomic E-state index is 11.1. The van der Waals surface area contributed by atoms with Crippen molar-refractivity contribution < 1.29 is 19.4 Å². The molecule has 0 atom stereocenters. The summed E-state index contributed by atoms with van der Waals surface area (Å²) in [5.74, 6) is -1.30. The average molecular weight is 272 g/mol. The summed E-state index contributed by atoms with van der Waals surface area (Å²) in [5, 5.41) is 9.10. The van der Waals surface area contributed by atoms with Crippen molar-refractivity contribution in [3.05, 3.63) is 53.6 Å². The van der Waals surface area contributed by atoms with Crippen LogP contribution in [0.5, 0.6) is 11.5 Å². The summed E-state index contributed by atoms with van der Waals surface area (Å²) in [6.07, 6.45) is 0. The number of carboxylic acid groups (broad SMARTS) is 1. The second kappa shape index (κ2) is 5.31. The fourth-order valence-corrected chi connectivity index (χ4v) is 1.64. The highest BCUT2D eigenvalue weighted by Crippen LogP contribution is 2.27. The first-order valence-electron chi connectivity index (χ1n) is 5.68. The van der Waals surface area contributed by atoms with Gasteiger partial charge in [-0.3, -0.25) is 4.79 Å². The normalized spacial score (nSPS) is 10.0. The number of amides is 1. The molecule has 6 heteroatoms. The first kappa shape index (κ1) is 13.4. The molecule has 2 rings (SSSR count). The van der Waals surface area contributed by atoms with E-state index in [2.05, 4.69) is 0 Å². The van der Waals surface area contributed by atoms with Gasteiger partial charge in [0.05, 0.1) is 0 Å². The Balaban J connectivity index is 2.37. The Labute approximate surface area is 114 Å². The van der Waals surface area contributed by atoms with Crippen molar-refractivity contribution in [1.29, 1.82) is 0 Å². The van der Waals surface area contributed by atoms with Crippen LogP contribution in [0, 0.1) is 0 Å². The molecule has 0 heterocycles. The first-order chi connectivity index (χ1) is 9.47. The monoisotopic (exact) mass is 272 g/mol. The third-order valence-electron chi connectivity index (χ3n) is 2.58.